The van der Waals surface area contributed by atoms with Crippen LogP contribution in [0.25, 0.3) is 0 Å². The van der Waals surface area contributed by atoms with Gasteiger partial charge in [-0.2, -0.15) is 5.10 Å². The molecule has 0 unspecified atom stereocenters. The highest BCUT2D eigenvalue weighted by atomic mass is 79.9. The number of anilines is 1. The fourth-order valence-corrected chi connectivity index (χ4v) is 9.55. The summed E-state index contributed by atoms with van der Waals surface area (Å²) in [5.74, 6) is -3.30. The average molecular weight is 1060 g/mol. The number of halogens is 1. The molecule has 0 radical (unpaired) electrons. The lowest BCUT2D eigenvalue weighted by molar-refractivity contribution is -0.148. The Kier molecular flexibility index (Phi) is 24.5. The number of benzene rings is 1. The molecule has 10 atom stereocenters. The standard InChI is InChI=1S/C51H81BrN10O9/c1-15-31(6)44(61(12)51(69)42(29(2)3)57-50(68)43(30(4)5)60(10)11)40(70-13)27-41(63)62-25-17-20-39(62)45(71-14)32(7)46(64)53-24-23-35-18-16-19-36(26-35)56-48(66)34(9)54-47(65)33(8)55-49(67)38-22-21-37(28-52)58-59-38/h16,18-19,21-22,26,29-34,39-40,42-45H,15,17,20,23-25,27-28H2,1-14H3,(H,53,64)(H,54,65)(H,55,67)(H,56,66)(H,57,68)/t31-,32+,33-,34-,39-,40+,42-,43-,44-,45+/m0/s1. The first kappa shape index (κ1) is 60.3. The lowest BCUT2D eigenvalue weighted by atomic mass is 9.89. The fourth-order valence-electron chi connectivity index (χ4n) is 9.25. The summed E-state index contributed by atoms with van der Waals surface area (Å²) in [7, 11) is 8.51. The lowest BCUT2D eigenvalue weighted by Gasteiger charge is -2.41. The van der Waals surface area contributed by atoms with Crippen LogP contribution in [0.1, 0.15) is 110 Å². The Balaban J connectivity index is 1.60. The van der Waals surface area contributed by atoms with E-state index in [9.17, 15) is 33.6 Å². The molecule has 7 amide bonds. The van der Waals surface area contributed by atoms with Gasteiger partial charge >= 0.3 is 0 Å². The number of rotatable bonds is 27. The van der Waals surface area contributed by atoms with Crippen molar-refractivity contribution < 1.29 is 43.0 Å². The lowest BCUT2D eigenvalue weighted by Crippen LogP contribution is -2.59. The van der Waals surface area contributed by atoms with Crippen molar-refractivity contribution in [3.05, 3.63) is 53.3 Å². The van der Waals surface area contributed by atoms with Gasteiger partial charge in [-0.05, 0) is 94.8 Å². The number of ether oxygens (including phenoxy) is 2. The van der Waals surface area contributed by atoms with Crippen molar-refractivity contribution in [2.45, 2.75) is 148 Å². The van der Waals surface area contributed by atoms with Gasteiger partial charge in [-0.1, -0.05) is 82.9 Å². The average Bonchev–Trinajstić information content (AvgIpc) is 3.82. The predicted octanol–water partition coefficient (Wildman–Crippen LogP) is 3.94. The number of alkyl halides is 1. The molecule has 0 aliphatic carbocycles. The highest BCUT2D eigenvalue weighted by Crippen LogP contribution is 2.30. The summed E-state index contributed by atoms with van der Waals surface area (Å²) >= 11 is 3.27. The number of aromatic nitrogens is 2. The number of hydrogen-bond acceptors (Lipinski definition) is 12. The Hall–Kier alpha value is -5.05. The van der Waals surface area contributed by atoms with E-state index in [0.29, 0.717) is 49.1 Å². The van der Waals surface area contributed by atoms with Crippen molar-refractivity contribution in [2.75, 3.05) is 53.8 Å². The first-order chi connectivity index (χ1) is 33.5. The zero-order chi connectivity index (χ0) is 53.3. The maximum Gasteiger partial charge on any atom is 0.272 e. The number of nitrogens with zero attached hydrogens (tertiary/aromatic N) is 5. The fraction of sp³-hybridized carbons (Fsp3) is 0.667. The molecule has 1 aromatic heterocycles. The number of carbonyl (C=O) groups excluding carboxylic acids is 7. The van der Waals surface area contributed by atoms with E-state index in [2.05, 4.69) is 52.7 Å². The van der Waals surface area contributed by atoms with Gasteiger partial charge in [0.15, 0.2) is 5.69 Å². The van der Waals surface area contributed by atoms with Gasteiger partial charge in [0.2, 0.25) is 35.4 Å². The van der Waals surface area contributed by atoms with Gasteiger partial charge in [-0.3, -0.25) is 38.5 Å². The van der Waals surface area contributed by atoms with E-state index in [1.165, 1.54) is 19.9 Å². The molecule has 0 spiro atoms. The van der Waals surface area contributed by atoms with Crippen molar-refractivity contribution in [3.8, 4) is 0 Å². The summed E-state index contributed by atoms with van der Waals surface area (Å²) in [6.45, 7) is 17.4. The molecule has 0 saturated carbocycles. The molecule has 1 aromatic carbocycles. The number of likely N-dealkylation sites (N-methyl/N-ethyl adjacent to an activating group) is 2. The first-order valence-corrected chi connectivity index (χ1v) is 25.9. The summed E-state index contributed by atoms with van der Waals surface area (Å²) < 4.78 is 12.0. The van der Waals surface area contributed by atoms with Gasteiger partial charge in [0.1, 0.15) is 18.1 Å². The summed E-state index contributed by atoms with van der Waals surface area (Å²) in [5, 5.41) is 22.3. The normalized spacial score (nSPS) is 17.5. The largest absolute Gasteiger partial charge is 0.379 e. The SMILES string of the molecule is CC[C@H](C)[C@@H]([C@@H](CC(=O)N1CCC[C@H]1[C@H](OC)[C@@H](C)C(=O)NCCc1cccc(NC(=O)[C@H](C)NC(=O)[C@H](C)NC(=O)c2ccc(CBr)nn2)c1)OC)N(C)C(=O)[C@@H](NC(=O)[C@H](C(C)C)N(C)C)C(C)C. The molecule has 2 aromatic rings. The molecule has 0 bridgehead atoms. The molecule has 396 valence electrons. The molecular weight excluding hydrogens is 977 g/mol. The van der Waals surface area contributed by atoms with Crippen LogP contribution in [-0.4, -0.2) is 163 Å². The van der Waals surface area contributed by atoms with Crippen molar-refractivity contribution in [2.24, 2.45) is 23.7 Å². The minimum Gasteiger partial charge on any atom is -0.379 e. The van der Waals surface area contributed by atoms with Crippen LogP contribution < -0.4 is 26.6 Å². The second-order valence-electron chi connectivity index (χ2n) is 19.7. The molecule has 71 heavy (non-hydrogen) atoms. The van der Waals surface area contributed by atoms with E-state index in [-0.39, 0.29) is 59.5 Å². The van der Waals surface area contributed by atoms with E-state index >= 15 is 0 Å². The second-order valence-corrected chi connectivity index (χ2v) is 20.2. The van der Waals surface area contributed by atoms with Crippen LogP contribution in [0.5, 0.6) is 0 Å². The van der Waals surface area contributed by atoms with Crippen LogP contribution in [0.3, 0.4) is 0 Å². The van der Waals surface area contributed by atoms with Gasteiger partial charge in [-0.15, -0.1) is 5.10 Å². The smallest absolute Gasteiger partial charge is 0.272 e. The Morgan fingerprint density at radius 1 is 0.817 bits per heavy atom. The summed E-state index contributed by atoms with van der Waals surface area (Å²) in [5.41, 5.74) is 2.05. The third-order valence-electron chi connectivity index (χ3n) is 13.4. The minimum absolute atomic E-state index is 0.00164. The number of nitrogens with one attached hydrogen (secondary N) is 5. The van der Waals surface area contributed by atoms with Crippen LogP contribution in [0.15, 0.2) is 36.4 Å². The van der Waals surface area contributed by atoms with E-state index in [4.69, 9.17) is 9.47 Å². The molecule has 19 nitrogen and oxygen atoms in total. The van der Waals surface area contributed by atoms with Crippen LogP contribution in [0.2, 0.25) is 0 Å². The maximum absolute atomic E-state index is 14.3. The molecule has 5 N–H and O–H groups in total. The van der Waals surface area contributed by atoms with Gasteiger partial charge in [0.25, 0.3) is 5.91 Å². The van der Waals surface area contributed by atoms with E-state index in [1.54, 1.807) is 62.3 Å². The molecule has 1 aliphatic heterocycles. The molecule has 1 saturated heterocycles. The highest BCUT2D eigenvalue weighted by Gasteiger charge is 2.43. The Morgan fingerprint density at radius 3 is 2.06 bits per heavy atom. The van der Waals surface area contributed by atoms with Crippen molar-refractivity contribution in [1.82, 2.24) is 46.2 Å². The van der Waals surface area contributed by atoms with Crippen LogP contribution in [0.4, 0.5) is 5.69 Å². The molecule has 2 heterocycles. The molecular formula is C51H81BrN10O9. The molecule has 1 fully saturated rings. The third kappa shape index (κ3) is 17.0. The molecule has 20 heteroatoms. The van der Waals surface area contributed by atoms with Crippen molar-refractivity contribution in [3.63, 3.8) is 0 Å². The van der Waals surface area contributed by atoms with Crippen molar-refractivity contribution >= 4 is 63.0 Å². The zero-order valence-electron chi connectivity index (χ0n) is 44.3. The third-order valence-corrected chi connectivity index (χ3v) is 14.0. The number of hydrogen-bond donors (Lipinski definition) is 5. The monoisotopic (exact) mass is 1060 g/mol. The Bertz CT molecular complexity index is 2080. The Labute approximate surface area is 429 Å². The first-order valence-electron chi connectivity index (χ1n) is 24.8. The molecule has 3 rings (SSSR count). The van der Waals surface area contributed by atoms with Gasteiger partial charge in [0.05, 0.1) is 48.4 Å². The van der Waals surface area contributed by atoms with Gasteiger partial charge in [0, 0.05) is 45.4 Å². The summed E-state index contributed by atoms with van der Waals surface area (Å²) in [6, 6.07) is 6.37. The van der Waals surface area contributed by atoms with Crippen LogP contribution >= 0.6 is 15.9 Å². The highest BCUT2D eigenvalue weighted by molar-refractivity contribution is 9.08. The van der Waals surface area contributed by atoms with E-state index < -0.39 is 66.1 Å². The predicted molar refractivity (Wildman–Crippen MR) is 276 cm³/mol. The van der Waals surface area contributed by atoms with Crippen LogP contribution in [0, 0.1) is 23.7 Å². The minimum atomic E-state index is -0.956. The Morgan fingerprint density at radius 2 is 1.49 bits per heavy atom. The second kappa shape index (κ2) is 28.9. The van der Waals surface area contributed by atoms with Gasteiger partial charge in [-0.25, -0.2) is 0 Å². The van der Waals surface area contributed by atoms with E-state index in [0.717, 1.165) is 12.0 Å². The number of carbonyl (C=O) groups is 7. The number of amides is 7. The number of likely N-dealkylation sites (tertiary alicyclic amines) is 1. The summed E-state index contributed by atoms with van der Waals surface area (Å²) in [6.07, 6.45) is 1.29. The quantitative estimate of drug-likeness (QED) is 0.0802. The van der Waals surface area contributed by atoms with Crippen molar-refractivity contribution in [1.29, 1.82) is 0 Å². The zero-order valence-corrected chi connectivity index (χ0v) is 45.9. The topological polar surface area (TPSA) is 234 Å². The maximum atomic E-state index is 14.3. The summed E-state index contributed by atoms with van der Waals surface area (Å²) in [4.78, 5) is 99.6. The van der Waals surface area contributed by atoms with E-state index in [1.807, 2.05) is 66.6 Å². The molecule has 1 aliphatic rings. The number of methoxy groups -OCH3 is 2. The van der Waals surface area contributed by atoms with Crippen LogP contribution in [-0.2, 0) is 50.0 Å². The van der Waals surface area contributed by atoms with Gasteiger partial charge < -0.3 is 45.9 Å².